The molecule has 3 rings (SSSR count). The molecule has 88 valence electrons. The van der Waals surface area contributed by atoms with Crippen molar-refractivity contribution in [2.45, 2.75) is 32.1 Å². The summed E-state index contributed by atoms with van der Waals surface area (Å²) in [6.45, 7) is 0.877. The molecule has 1 fully saturated rings. The van der Waals surface area contributed by atoms with Crippen LogP contribution in [0, 0.1) is 16.7 Å². The first kappa shape index (κ1) is 10.7. The van der Waals surface area contributed by atoms with Crippen LogP contribution in [0.3, 0.4) is 0 Å². The molecule has 1 aromatic carbocycles. The Bertz CT molecular complexity index is 480. The average Bonchev–Trinajstić information content (AvgIpc) is 2.96. The maximum absolute atomic E-state index is 9.13. The summed E-state index contributed by atoms with van der Waals surface area (Å²) in [6.07, 6.45) is 5.89. The molecule has 2 heteroatoms. The highest BCUT2D eigenvalue weighted by Crippen LogP contribution is 2.45. The monoisotopic (exact) mass is 226 g/mol. The van der Waals surface area contributed by atoms with E-state index in [1.807, 2.05) is 0 Å². The van der Waals surface area contributed by atoms with Crippen molar-refractivity contribution >= 4 is 5.69 Å². The van der Waals surface area contributed by atoms with Gasteiger partial charge in [0, 0.05) is 19.3 Å². The van der Waals surface area contributed by atoms with Gasteiger partial charge in [-0.3, -0.25) is 0 Å². The first-order valence-electron chi connectivity index (χ1n) is 6.47. The lowest BCUT2D eigenvalue weighted by Crippen LogP contribution is -2.25. The van der Waals surface area contributed by atoms with Crippen molar-refractivity contribution in [1.82, 2.24) is 0 Å². The highest BCUT2D eigenvalue weighted by molar-refractivity contribution is 5.52. The number of hydrogen-bond donors (Lipinski definition) is 0. The zero-order valence-electron chi connectivity index (χ0n) is 10.4. The van der Waals surface area contributed by atoms with Crippen molar-refractivity contribution in [3.05, 3.63) is 29.3 Å². The number of nitriles is 1. The Hall–Kier alpha value is -1.49. The minimum absolute atomic E-state index is 0.0479. The topological polar surface area (TPSA) is 27.0 Å². The zero-order valence-corrected chi connectivity index (χ0v) is 10.4. The second-order valence-corrected chi connectivity index (χ2v) is 5.55. The van der Waals surface area contributed by atoms with Gasteiger partial charge < -0.3 is 4.90 Å². The van der Waals surface area contributed by atoms with Crippen LogP contribution in [0.4, 0.5) is 5.69 Å². The van der Waals surface area contributed by atoms with Gasteiger partial charge in [0.25, 0.3) is 0 Å². The minimum atomic E-state index is -0.0479. The molecule has 2 aliphatic rings. The highest BCUT2D eigenvalue weighted by Gasteiger charge is 2.44. The maximum Gasteiger partial charge on any atom is 0.0749 e. The van der Waals surface area contributed by atoms with Crippen molar-refractivity contribution < 1.29 is 0 Å². The van der Waals surface area contributed by atoms with E-state index in [1.54, 1.807) is 0 Å². The largest absolute Gasteiger partial charge is 0.373 e. The number of anilines is 1. The normalized spacial score (nSPS) is 19.5. The van der Waals surface area contributed by atoms with Gasteiger partial charge >= 0.3 is 0 Å². The molecule has 0 bridgehead atoms. The molecule has 1 aromatic rings. The fraction of sp³-hybridized carbons (Fsp3) is 0.533. The van der Waals surface area contributed by atoms with Crippen LogP contribution in [0.1, 0.15) is 30.4 Å². The van der Waals surface area contributed by atoms with E-state index >= 15 is 0 Å². The Morgan fingerprint density at radius 3 is 2.76 bits per heavy atom. The maximum atomic E-state index is 9.13. The Labute approximate surface area is 103 Å². The first-order valence-corrected chi connectivity index (χ1v) is 6.47. The Morgan fingerprint density at radius 2 is 2.06 bits per heavy atom. The summed E-state index contributed by atoms with van der Waals surface area (Å²) in [6, 6.07) is 9.25. The molecule has 0 N–H and O–H groups in total. The van der Waals surface area contributed by atoms with Gasteiger partial charge in [0.05, 0.1) is 11.5 Å². The van der Waals surface area contributed by atoms with Gasteiger partial charge in [-0.25, -0.2) is 0 Å². The van der Waals surface area contributed by atoms with E-state index < -0.39 is 0 Å². The van der Waals surface area contributed by atoms with E-state index in [0.717, 1.165) is 19.4 Å². The van der Waals surface area contributed by atoms with Crippen molar-refractivity contribution in [2.75, 3.05) is 18.5 Å². The molecule has 0 amide bonds. The van der Waals surface area contributed by atoms with Crippen LogP contribution in [0.15, 0.2) is 18.2 Å². The molecule has 17 heavy (non-hydrogen) atoms. The zero-order chi connectivity index (χ0) is 11.9. The number of benzene rings is 1. The van der Waals surface area contributed by atoms with E-state index in [-0.39, 0.29) is 5.41 Å². The number of aryl methyl sites for hydroxylation is 2. The standard InChI is InChI=1S/C15H18N2/c1-17(11-15(10-16)7-8-15)14-6-5-12-3-2-4-13(12)9-14/h5-6,9H,2-4,7-8,11H2,1H3. The lowest BCUT2D eigenvalue weighted by Gasteiger charge is -2.22. The van der Waals surface area contributed by atoms with Crippen LogP contribution in [0.25, 0.3) is 0 Å². The van der Waals surface area contributed by atoms with Gasteiger partial charge in [-0.15, -0.1) is 0 Å². The van der Waals surface area contributed by atoms with Gasteiger partial charge in [-0.2, -0.15) is 5.26 Å². The fourth-order valence-corrected chi connectivity index (χ4v) is 2.80. The molecule has 2 nitrogen and oxygen atoms in total. The average molecular weight is 226 g/mol. The Morgan fingerprint density at radius 1 is 1.29 bits per heavy atom. The first-order chi connectivity index (χ1) is 8.22. The van der Waals surface area contributed by atoms with Gasteiger partial charge in [-0.05, 0) is 55.4 Å². The quantitative estimate of drug-likeness (QED) is 0.792. The van der Waals surface area contributed by atoms with Crippen LogP contribution >= 0.6 is 0 Å². The molecule has 0 radical (unpaired) electrons. The van der Waals surface area contributed by atoms with Crippen LogP contribution < -0.4 is 4.90 Å². The summed E-state index contributed by atoms with van der Waals surface area (Å²) in [7, 11) is 2.11. The van der Waals surface area contributed by atoms with Crippen molar-refractivity contribution in [1.29, 1.82) is 5.26 Å². The number of rotatable bonds is 3. The third-order valence-electron chi connectivity index (χ3n) is 4.15. The third kappa shape index (κ3) is 1.91. The molecule has 0 aromatic heterocycles. The van der Waals surface area contributed by atoms with Gasteiger partial charge in [0.2, 0.25) is 0 Å². The fourth-order valence-electron chi connectivity index (χ4n) is 2.80. The Kier molecular flexibility index (Phi) is 2.36. The molecule has 0 aliphatic heterocycles. The molecular formula is C15H18N2. The smallest absolute Gasteiger partial charge is 0.0749 e. The second kappa shape index (κ2) is 3.77. The number of fused-ring (bicyclic) bond motifs is 1. The van der Waals surface area contributed by atoms with E-state index in [2.05, 4.69) is 36.2 Å². The lowest BCUT2D eigenvalue weighted by molar-refractivity contribution is 0.653. The molecule has 2 aliphatic carbocycles. The minimum Gasteiger partial charge on any atom is -0.373 e. The predicted octanol–water partition coefficient (Wildman–Crippen LogP) is 2.92. The molecule has 0 atom stereocenters. The van der Waals surface area contributed by atoms with Gasteiger partial charge in [0.15, 0.2) is 0 Å². The molecule has 0 heterocycles. The summed E-state index contributed by atoms with van der Waals surface area (Å²) in [5.74, 6) is 0. The van der Waals surface area contributed by atoms with Crippen LogP contribution in [0.2, 0.25) is 0 Å². The van der Waals surface area contributed by atoms with E-state index in [9.17, 15) is 0 Å². The summed E-state index contributed by atoms with van der Waals surface area (Å²) in [5.41, 5.74) is 4.25. The highest BCUT2D eigenvalue weighted by atomic mass is 15.1. The van der Waals surface area contributed by atoms with Gasteiger partial charge in [-0.1, -0.05) is 6.07 Å². The second-order valence-electron chi connectivity index (χ2n) is 5.55. The molecule has 0 spiro atoms. The summed E-state index contributed by atoms with van der Waals surface area (Å²) < 4.78 is 0. The van der Waals surface area contributed by atoms with E-state index in [4.69, 9.17) is 5.26 Å². The SMILES string of the molecule is CN(CC1(C#N)CC1)c1ccc2c(c1)CCC2. The summed E-state index contributed by atoms with van der Waals surface area (Å²) in [4.78, 5) is 2.24. The molecule has 0 saturated heterocycles. The van der Waals surface area contributed by atoms with E-state index in [1.165, 1.54) is 36.1 Å². The third-order valence-corrected chi connectivity index (χ3v) is 4.15. The molecule has 1 saturated carbocycles. The molecular weight excluding hydrogens is 208 g/mol. The number of hydrogen-bond acceptors (Lipinski definition) is 2. The summed E-state index contributed by atoms with van der Waals surface area (Å²) >= 11 is 0. The van der Waals surface area contributed by atoms with Crippen molar-refractivity contribution in [3.63, 3.8) is 0 Å². The van der Waals surface area contributed by atoms with Crippen molar-refractivity contribution in [3.8, 4) is 6.07 Å². The van der Waals surface area contributed by atoms with Crippen LogP contribution in [0.5, 0.6) is 0 Å². The van der Waals surface area contributed by atoms with Crippen molar-refractivity contribution in [2.24, 2.45) is 5.41 Å². The predicted molar refractivity (Wildman–Crippen MR) is 69.0 cm³/mol. The molecule has 0 unspecified atom stereocenters. The summed E-state index contributed by atoms with van der Waals surface area (Å²) in [5, 5.41) is 9.13. The number of nitrogens with zero attached hydrogens (tertiary/aromatic N) is 2. The van der Waals surface area contributed by atoms with Crippen LogP contribution in [-0.4, -0.2) is 13.6 Å². The Balaban J connectivity index is 1.78. The lowest BCUT2D eigenvalue weighted by atomic mass is 10.1. The van der Waals surface area contributed by atoms with E-state index in [0.29, 0.717) is 0 Å². The van der Waals surface area contributed by atoms with Crippen LogP contribution in [-0.2, 0) is 12.8 Å². The van der Waals surface area contributed by atoms with Gasteiger partial charge in [0.1, 0.15) is 0 Å².